The van der Waals surface area contributed by atoms with Crippen LogP contribution in [0.2, 0.25) is 0 Å². The number of amides is 3. The first-order valence-corrected chi connectivity index (χ1v) is 6.31. The highest BCUT2D eigenvalue weighted by Gasteiger charge is 2.25. The molecule has 7 heteroatoms. The molecule has 2 aromatic rings. The predicted molar refractivity (Wildman–Crippen MR) is 72.8 cm³/mol. The van der Waals surface area contributed by atoms with Gasteiger partial charge in [0, 0.05) is 17.3 Å². The summed E-state index contributed by atoms with van der Waals surface area (Å²) in [5.41, 5.74) is 11.6. The van der Waals surface area contributed by atoms with E-state index in [-0.39, 0.29) is 0 Å². The molecule has 1 unspecified atom stereocenters. The first-order valence-electron chi connectivity index (χ1n) is 5.43. The van der Waals surface area contributed by atoms with Crippen molar-refractivity contribution in [3.8, 4) is 0 Å². The Morgan fingerprint density at radius 2 is 2.00 bits per heavy atom. The minimum absolute atomic E-state index is 0.453. The molecule has 1 heterocycles. The highest BCUT2D eigenvalue weighted by molar-refractivity contribution is 7.09. The maximum absolute atomic E-state index is 11.7. The van der Waals surface area contributed by atoms with Gasteiger partial charge in [0.2, 0.25) is 5.91 Å². The van der Waals surface area contributed by atoms with Crippen molar-refractivity contribution in [1.82, 2.24) is 4.98 Å². The van der Waals surface area contributed by atoms with Crippen molar-refractivity contribution < 1.29 is 9.59 Å². The lowest BCUT2D eigenvalue weighted by molar-refractivity contribution is -0.118. The maximum atomic E-state index is 11.7. The van der Waals surface area contributed by atoms with Gasteiger partial charge in [-0.15, -0.1) is 11.3 Å². The van der Waals surface area contributed by atoms with Crippen LogP contribution < -0.4 is 16.8 Å². The Morgan fingerprint density at radius 3 is 2.58 bits per heavy atom. The minimum atomic E-state index is -0.706. The number of aromatic nitrogens is 1. The number of urea groups is 1. The molecule has 1 aromatic carbocycles. The van der Waals surface area contributed by atoms with E-state index in [9.17, 15) is 9.59 Å². The number of nitrogens with zero attached hydrogens (tertiary/aromatic N) is 1. The SMILES string of the molecule is NC(=O)Nc1ccccc1C(C(N)=O)c1nccs1. The molecule has 0 aliphatic carbocycles. The number of carbonyl (C=O) groups excluding carboxylic acids is 2. The fourth-order valence-corrected chi connectivity index (χ4v) is 2.54. The van der Waals surface area contributed by atoms with E-state index in [1.54, 1.807) is 35.8 Å². The Hall–Kier alpha value is -2.41. The van der Waals surface area contributed by atoms with Gasteiger partial charge >= 0.3 is 6.03 Å². The van der Waals surface area contributed by atoms with Crippen LogP contribution in [0.15, 0.2) is 35.8 Å². The second-order valence-corrected chi connectivity index (χ2v) is 4.71. The number of para-hydroxylation sites is 1. The number of carbonyl (C=O) groups is 2. The average Bonchev–Trinajstić information content (AvgIpc) is 2.84. The van der Waals surface area contributed by atoms with Gasteiger partial charge in [-0.2, -0.15) is 0 Å². The second kappa shape index (κ2) is 5.49. The van der Waals surface area contributed by atoms with Crippen LogP contribution in [0.4, 0.5) is 10.5 Å². The topological polar surface area (TPSA) is 111 Å². The number of primary amides is 2. The quantitative estimate of drug-likeness (QED) is 0.781. The molecule has 19 heavy (non-hydrogen) atoms. The molecule has 0 radical (unpaired) electrons. The van der Waals surface area contributed by atoms with Gasteiger partial charge in [0.15, 0.2) is 0 Å². The van der Waals surface area contributed by atoms with Crippen LogP contribution >= 0.6 is 11.3 Å². The molecule has 0 spiro atoms. The molecular weight excluding hydrogens is 264 g/mol. The molecule has 0 saturated heterocycles. The number of nitrogens with two attached hydrogens (primary N) is 2. The van der Waals surface area contributed by atoms with Gasteiger partial charge in [-0.1, -0.05) is 18.2 Å². The number of thiazole rings is 1. The molecule has 0 fully saturated rings. The summed E-state index contributed by atoms with van der Waals surface area (Å²) in [5.74, 6) is -1.24. The van der Waals surface area contributed by atoms with Gasteiger partial charge in [-0.3, -0.25) is 4.79 Å². The number of nitrogens with one attached hydrogen (secondary N) is 1. The van der Waals surface area contributed by atoms with Crippen LogP contribution in [-0.2, 0) is 4.79 Å². The Bertz CT molecular complexity index is 598. The van der Waals surface area contributed by atoms with E-state index < -0.39 is 17.9 Å². The van der Waals surface area contributed by atoms with Gasteiger partial charge in [0.25, 0.3) is 0 Å². The molecule has 1 aromatic heterocycles. The number of hydrogen-bond donors (Lipinski definition) is 3. The second-order valence-electron chi connectivity index (χ2n) is 3.78. The fourth-order valence-electron chi connectivity index (χ4n) is 1.78. The highest BCUT2D eigenvalue weighted by Crippen LogP contribution is 2.31. The lowest BCUT2D eigenvalue weighted by Gasteiger charge is -2.15. The number of benzene rings is 1. The maximum Gasteiger partial charge on any atom is 0.316 e. The summed E-state index contributed by atoms with van der Waals surface area (Å²) in [7, 11) is 0. The van der Waals surface area contributed by atoms with E-state index in [1.165, 1.54) is 11.3 Å². The van der Waals surface area contributed by atoms with E-state index in [0.29, 0.717) is 16.3 Å². The van der Waals surface area contributed by atoms with E-state index in [1.807, 2.05) is 0 Å². The van der Waals surface area contributed by atoms with Gasteiger partial charge in [0.1, 0.15) is 10.9 Å². The highest BCUT2D eigenvalue weighted by atomic mass is 32.1. The van der Waals surface area contributed by atoms with E-state index >= 15 is 0 Å². The normalized spacial score (nSPS) is 11.8. The number of hydrogen-bond acceptors (Lipinski definition) is 4. The van der Waals surface area contributed by atoms with Crippen LogP contribution in [0.25, 0.3) is 0 Å². The molecule has 0 bridgehead atoms. The zero-order chi connectivity index (χ0) is 13.8. The summed E-state index contributed by atoms with van der Waals surface area (Å²) in [6.45, 7) is 0. The summed E-state index contributed by atoms with van der Waals surface area (Å²) in [6.07, 6.45) is 1.60. The van der Waals surface area contributed by atoms with E-state index in [2.05, 4.69) is 10.3 Å². The molecular formula is C12H12N4O2S. The molecule has 1 atom stereocenters. The smallest absolute Gasteiger partial charge is 0.316 e. The predicted octanol–water partition coefficient (Wildman–Crippen LogP) is 1.25. The number of anilines is 1. The van der Waals surface area contributed by atoms with Crippen LogP contribution in [0.3, 0.4) is 0 Å². The monoisotopic (exact) mass is 276 g/mol. The molecule has 98 valence electrons. The van der Waals surface area contributed by atoms with Crippen LogP contribution in [-0.4, -0.2) is 16.9 Å². The van der Waals surface area contributed by atoms with E-state index in [4.69, 9.17) is 11.5 Å². The Labute approximate surface area is 113 Å². The molecule has 6 nitrogen and oxygen atoms in total. The fraction of sp³-hybridized carbons (Fsp3) is 0.0833. The van der Waals surface area contributed by atoms with Crippen LogP contribution in [0.5, 0.6) is 0 Å². The summed E-state index contributed by atoms with van der Waals surface area (Å²) in [4.78, 5) is 26.8. The summed E-state index contributed by atoms with van der Waals surface area (Å²) in [6, 6.07) is 6.15. The van der Waals surface area contributed by atoms with Crippen LogP contribution in [0.1, 0.15) is 16.5 Å². The van der Waals surface area contributed by atoms with Crippen LogP contribution in [0, 0.1) is 0 Å². The van der Waals surface area contributed by atoms with E-state index in [0.717, 1.165) is 0 Å². The third-order valence-corrected chi connectivity index (χ3v) is 3.35. The lowest BCUT2D eigenvalue weighted by atomic mass is 9.97. The molecule has 0 aliphatic rings. The third kappa shape index (κ3) is 2.89. The van der Waals surface area contributed by atoms with Crippen molar-refractivity contribution in [1.29, 1.82) is 0 Å². The zero-order valence-electron chi connectivity index (χ0n) is 9.87. The minimum Gasteiger partial charge on any atom is -0.369 e. The molecule has 0 saturated carbocycles. The molecule has 5 N–H and O–H groups in total. The summed E-state index contributed by atoms with van der Waals surface area (Å²) in [5, 5.41) is 4.81. The van der Waals surface area contributed by atoms with Crippen molar-refractivity contribution in [2.75, 3.05) is 5.32 Å². The van der Waals surface area contributed by atoms with Gasteiger partial charge in [-0.05, 0) is 11.6 Å². The molecule has 0 aliphatic heterocycles. The Kier molecular flexibility index (Phi) is 3.76. The standard InChI is InChI=1S/C12H12N4O2S/c13-10(17)9(11-15-5-6-19-11)7-3-1-2-4-8(7)16-12(14)18/h1-6,9H,(H2,13,17)(H3,14,16,18). The summed E-state index contributed by atoms with van der Waals surface area (Å²) < 4.78 is 0. The van der Waals surface area contributed by atoms with Crippen molar-refractivity contribution >= 4 is 29.0 Å². The zero-order valence-corrected chi connectivity index (χ0v) is 10.7. The Balaban J connectivity index is 2.48. The van der Waals surface area contributed by atoms with Gasteiger partial charge in [0.05, 0.1) is 0 Å². The first-order chi connectivity index (χ1) is 9.09. The van der Waals surface area contributed by atoms with Crippen molar-refractivity contribution in [2.45, 2.75) is 5.92 Å². The summed E-state index contributed by atoms with van der Waals surface area (Å²) >= 11 is 1.33. The molecule has 3 amide bonds. The largest absolute Gasteiger partial charge is 0.369 e. The Morgan fingerprint density at radius 1 is 1.26 bits per heavy atom. The van der Waals surface area contributed by atoms with Gasteiger partial charge < -0.3 is 16.8 Å². The average molecular weight is 276 g/mol. The van der Waals surface area contributed by atoms with Crippen molar-refractivity contribution in [3.05, 3.63) is 46.4 Å². The van der Waals surface area contributed by atoms with Crippen molar-refractivity contribution in [3.63, 3.8) is 0 Å². The number of rotatable bonds is 4. The third-order valence-electron chi connectivity index (χ3n) is 2.51. The lowest BCUT2D eigenvalue weighted by Crippen LogP contribution is -2.25. The first kappa shape index (κ1) is 13.0. The molecule has 2 rings (SSSR count). The van der Waals surface area contributed by atoms with Gasteiger partial charge in [-0.25, -0.2) is 9.78 Å². The van der Waals surface area contributed by atoms with Crippen molar-refractivity contribution in [2.24, 2.45) is 11.5 Å².